The number of carbonyl (C=O) groups excluding carboxylic acids is 2. The van der Waals surface area contributed by atoms with Crippen LogP contribution in [0.25, 0.3) is 0 Å². The average Bonchev–Trinajstić information content (AvgIpc) is 3.16. The van der Waals surface area contributed by atoms with Crippen LogP contribution in [-0.4, -0.2) is 41.7 Å². The standard InChI is InChI=1S/C23H24ClN3O2S/c1-16-21(28)27(18-11-9-17(24)10-12-18)23(30-16)19-7-3-4-8-20(19)26(22(23)29)15-25-13-5-2-6-14-25/h3-4,7-12,16H,2,5-6,13-15H2,1H3/t16-,23-/m1/s1. The molecule has 2 atom stereocenters. The van der Waals surface area contributed by atoms with Gasteiger partial charge in [-0.05, 0) is 63.2 Å². The van der Waals surface area contributed by atoms with Crippen LogP contribution in [0.5, 0.6) is 0 Å². The number of para-hydroxylation sites is 1. The van der Waals surface area contributed by atoms with Crippen molar-refractivity contribution in [3.05, 3.63) is 59.1 Å². The predicted octanol–water partition coefficient (Wildman–Crippen LogP) is 4.45. The minimum atomic E-state index is -1.07. The molecule has 30 heavy (non-hydrogen) atoms. The van der Waals surface area contributed by atoms with Crippen LogP contribution in [0.2, 0.25) is 5.02 Å². The normalized spacial score (nSPS) is 26.7. The summed E-state index contributed by atoms with van der Waals surface area (Å²) in [5.74, 6) is -0.0859. The monoisotopic (exact) mass is 441 g/mol. The second-order valence-corrected chi connectivity index (χ2v) is 10.1. The molecular weight excluding hydrogens is 418 g/mol. The fraction of sp³-hybridized carbons (Fsp3) is 0.391. The zero-order valence-electron chi connectivity index (χ0n) is 16.9. The zero-order valence-corrected chi connectivity index (χ0v) is 18.5. The first kappa shape index (κ1) is 19.9. The number of hydrogen-bond donors (Lipinski definition) is 0. The summed E-state index contributed by atoms with van der Waals surface area (Å²) in [7, 11) is 0. The fourth-order valence-electron chi connectivity index (χ4n) is 4.77. The summed E-state index contributed by atoms with van der Waals surface area (Å²) in [6.07, 6.45) is 3.57. The van der Waals surface area contributed by atoms with E-state index in [1.165, 1.54) is 18.2 Å². The van der Waals surface area contributed by atoms with Crippen LogP contribution in [-0.2, 0) is 14.5 Å². The second kappa shape index (κ2) is 7.59. The molecule has 0 bridgehead atoms. The lowest BCUT2D eigenvalue weighted by molar-refractivity contribution is -0.124. The van der Waals surface area contributed by atoms with Gasteiger partial charge in [-0.1, -0.05) is 36.2 Å². The lowest BCUT2D eigenvalue weighted by Crippen LogP contribution is -2.52. The van der Waals surface area contributed by atoms with Gasteiger partial charge < -0.3 is 0 Å². The van der Waals surface area contributed by atoms with E-state index in [4.69, 9.17) is 11.6 Å². The molecule has 2 aromatic rings. The van der Waals surface area contributed by atoms with Gasteiger partial charge in [0.15, 0.2) is 0 Å². The molecule has 156 valence electrons. The lowest BCUT2D eigenvalue weighted by Gasteiger charge is -2.35. The molecule has 5 nitrogen and oxygen atoms in total. The summed E-state index contributed by atoms with van der Waals surface area (Å²) < 4.78 is 0. The van der Waals surface area contributed by atoms with E-state index in [-0.39, 0.29) is 17.1 Å². The summed E-state index contributed by atoms with van der Waals surface area (Å²) >= 11 is 7.53. The molecule has 0 aromatic heterocycles. The van der Waals surface area contributed by atoms with Crippen LogP contribution in [0.4, 0.5) is 11.4 Å². The summed E-state index contributed by atoms with van der Waals surface area (Å²) in [6, 6.07) is 15.1. The van der Waals surface area contributed by atoms with Gasteiger partial charge in [-0.2, -0.15) is 0 Å². The minimum absolute atomic E-state index is 0.0353. The molecular formula is C23H24ClN3O2S. The van der Waals surface area contributed by atoms with Crippen molar-refractivity contribution in [3.8, 4) is 0 Å². The molecule has 3 aliphatic heterocycles. The third kappa shape index (κ3) is 2.96. The van der Waals surface area contributed by atoms with Crippen molar-refractivity contribution >= 4 is 46.6 Å². The molecule has 0 radical (unpaired) electrons. The number of fused-ring (bicyclic) bond motifs is 2. The molecule has 2 fully saturated rings. The average molecular weight is 442 g/mol. The number of piperidine rings is 1. The van der Waals surface area contributed by atoms with E-state index in [0.29, 0.717) is 17.4 Å². The van der Waals surface area contributed by atoms with Gasteiger partial charge in [-0.25, -0.2) is 0 Å². The van der Waals surface area contributed by atoms with Gasteiger partial charge in [0.2, 0.25) is 10.8 Å². The van der Waals surface area contributed by atoms with Crippen molar-refractivity contribution in [2.24, 2.45) is 0 Å². The first-order valence-electron chi connectivity index (χ1n) is 10.4. The van der Waals surface area contributed by atoms with Crippen molar-refractivity contribution in [2.45, 2.75) is 36.3 Å². The molecule has 0 aliphatic carbocycles. The van der Waals surface area contributed by atoms with Gasteiger partial charge in [-0.3, -0.25) is 24.3 Å². The van der Waals surface area contributed by atoms with Gasteiger partial charge in [0.1, 0.15) is 0 Å². The van der Waals surface area contributed by atoms with E-state index in [1.54, 1.807) is 17.0 Å². The Morgan fingerprint density at radius 3 is 2.47 bits per heavy atom. The number of thioether (sulfide) groups is 1. The minimum Gasteiger partial charge on any atom is -0.295 e. The van der Waals surface area contributed by atoms with Gasteiger partial charge in [-0.15, -0.1) is 11.8 Å². The van der Waals surface area contributed by atoms with E-state index in [0.717, 1.165) is 37.2 Å². The molecule has 5 rings (SSSR count). The molecule has 2 amide bonds. The highest BCUT2D eigenvalue weighted by Crippen LogP contribution is 2.57. The maximum absolute atomic E-state index is 14.1. The fourth-order valence-corrected chi connectivity index (χ4v) is 6.42. The Kier molecular flexibility index (Phi) is 5.04. The molecule has 0 saturated carbocycles. The first-order valence-corrected chi connectivity index (χ1v) is 11.7. The highest BCUT2D eigenvalue weighted by molar-refractivity contribution is 8.03. The van der Waals surface area contributed by atoms with Crippen LogP contribution in [0.15, 0.2) is 48.5 Å². The Morgan fingerprint density at radius 2 is 1.73 bits per heavy atom. The topological polar surface area (TPSA) is 43.9 Å². The van der Waals surface area contributed by atoms with Crippen molar-refractivity contribution in [1.29, 1.82) is 0 Å². The van der Waals surface area contributed by atoms with Crippen molar-refractivity contribution in [1.82, 2.24) is 4.90 Å². The molecule has 0 unspecified atom stereocenters. The SMILES string of the molecule is C[C@H]1S[C@]2(C(=O)N(CN3CCCCC3)c3ccccc32)N(c2ccc(Cl)cc2)C1=O. The maximum atomic E-state index is 14.1. The van der Waals surface area contributed by atoms with Gasteiger partial charge >= 0.3 is 0 Å². The third-order valence-corrected chi connectivity index (χ3v) is 7.93. The number of hydrogen-bond acceptors (Lipinski definition) is 4. The van der Waals surface area contributed by atoms with Crippen LogP contribution in [0.3, 0.4) is 0 Å². The lowest BCUT2D eigenvalue weighted by atomic mass is 10.0. The number of anilines is 2. The first-order chi connectivity index (χ1) is 14.5. The Labute approximate surface area is 186 Å². The van der Waals surface area contributed by atoms with E-state index < -0.39 is 4.87 Å². The molecule has 2 aromatic carbocycles. The number of amides is 2. The van der Waals surface area contributed by atoms with Crippen LogP contribution < -0.4 is 9.80 Å². The Morgan fingerprint density at radius 1 is 1.03 bits per heavy atom. The zero-order chi connectivity index (χ0) is 20.9. The number of halogens is 1. The van der Waals surface area contributed by atoms with E-state index >= 15 is 0 Å². The largest absolute Gasteiger partial charge is 0.295 e. The van der Waals surface area contributed by atoms with Crippen LogP contribution >= 0.6 is 23.4 Å². The van der Waals surface area contributed by atoms with Gasteiger partial charge in [0.25, 0.3) is 5.91 Å². The summed E-state index contributed by atoms with van der Waals surface area (Å²) in [6.45, 7) is 4.45. The van der Waals surface area contributed by atoms with Crippen molar-refractivity contribution in [3.63, 3.8) is 0 Å². The molecule has 2 saturated heterocycles. The van der Waals surface area contributed by atoms with E-state index in [2.05, 4.69) is 4.90 Å². The predicted molar refractivity (Wildman–Crippen MR) is 122 cm³/mol. The molecule has 3 heterocycles. The summed E-state index contributed by atoms with van der Waals surface area (Å²) in [5.41, 5.74) is 2.50. The van der Waals surface area contributed by atoms with Crippen LogP contribution in [0, 0.1) is 0 Å². The summed E-state index contributed by atoms with van der Waals surface area (Å²) in [5, 5.41) is 0.289. The quantitative estimate of drug-likeness (QED) is 0.705. The third-order valence-electron chi connectivity index (χ3n) is 6.20. The second-order valence-electron chi connectivity index (χ2n) is 8.12. The summed E-state index contributed by atoms with van der Waals surface area (Å²) in [4.78, 5) is 32.2. The highest BCUT2D eigenvalue weighted by atomic mass is 35.5. The molecule has 7 heteroatoms. The van der Waals surface area contributed by atoms with Gasteiger partial charge in [0, 0.05) is 16.3 Å². The van der Waals surface area contributed by atoms with Crippen molar-refractivity contribution in [2.75, 3.05) is 29.6 Å². The van der Waals surface area contributed by atoms with Crippen molar-refractivity contribution < 1.29 is 9.59 Å². The number of benzene rings is 2. The Bertz CT molecular complexity index is 992. The Hall–Kier alpha value is -2.02. The number of nitrogens with zero attached hydrogens (tertiary/aromatic N) is 3. The number of carbonyl (C=O) groups is 2. The number of likely N-dealkylation sites (tertiary alicyclic amines) is 1. The van der Waals surface area contributed by atoms with E-state index in [1.807, 2.05) is 48.2 Å². The molecule has 0 N–H and O–H groups in total. The smallest absolute Gasteiger partial charge is 0.269 e. The molecule has 1 spiro atoms. The van der Waals surface area contributed by atoms with E-state index in [9.17, 15) is 9.59 Å². The van der Waals surface area contributed by atoms with Gasteiger partial charge in [0.05, 0.1) is 17.6 Å². The maximum Gasteiger partial charge on any atom is 0.269 e. The molecule has 3 aliphatic rings. The number of rotatable bonds is 3. The Balaban J connectivity index is 1.61. The van der Waals surface area contributed by atoms with Crippen LogP contribution in [0.1, 0.15) is 31.7 Å². The highest BCUT2D eigenvalue weighted by Gasteiger charge is 2.63.